The van der Waals surface area contributed by atoms with Crippen molar-refractivity contribution in [2.45, 2.75) is 0 Å². The van der Waals surface area contributed by atoms with E-state index in [9.17, 15) is 9.59 Å². The van der Waals surface area contributed by atoms with Crippen molar-refractivity contribution in [3.05, 3.63) is 86.9 Å². The monoisotopic (exact) mass is 506 g/mol. The Bertz CT molecular complexity index is 1200. The molecule has 3 aromatic rings. The van der Waals surface area contributed by atoms with Crippen LogP contribution in [0.2, 0.25) is 15.1 Å². The first-order valence-corrected chi connectivity index (χ1v) is 10.5. The minimum Gasteiger partial charge on any atom is -0.493 e. The Balaban J connectivity index is 1.58. The third-order valence-electron chi connectivity index (χ3n) is 4.14. The lowest BCUT2D eigenvalue weighted by molar-refractivity contribution is -0.123. The molecule has 33 heavy (non-hydrogen) atoms. The second kappa shape index (κ2) is 11.6. The van der Waals surface area contributed by atoms with Gasteiger partial charge in [0.1, 0.15) is 5.75 Å². The molecule has 0 saturated carbocycles. The summed E-state index contributed by atoms with van der Waals surface area (Å²) in [5, 5.41) is 4.91. The minimum absolute atomic E-state index is 0.205. The van der Waals surface area contributed by atoms with Crippen LogP contribution in [-0.2, 0) is 4.79 Å². The van der Waals surface area contributed by atoms with Crippen LogP contribution in [0.3, 0.4) is 0 Å². The summed E-state index contributed by atoms with van der Waals surface area (Å²) in [7, 11) is 1.43. The molecule has 3 aromatic carbocycles. The highest BCUT2D eigenvalue weighted by Crippen LogP contribution is 2.29. The van der Waals surface area contributed by atoms with E-state index < -0.39 is 11.9 Å². The maximum Gasteiger partial charge on any atom is 0.345 e. The van der Waals surface area contributed by atoms with Crippen LogP contribution in [0.5, 0.6) is 17.2 Å². The van der Waals surface area contributed by atoms with Gasteiger partial charge in [0.25, 0.3) is 5.91 Å². The number of nitrogens with one attached hydrogen (secondary N) is 1. The van der Waals surface area contributed by atoms with Crippen LogP contribution in [0.15, 0.2) is 65.8 Å². The third-order valence-corrected chi connectivity index (χ3v) is 5.00. The summed E-state index contributed by atoms with van der Waals surface area (Å²) in [5.41, 5.74) is 3.16. The molecule has 0 radical (unpaired) electrons. The molecule has 0 fully saturated rings. The topological polar surface area (TPSA) is 86.2 Å². The Morgan fingerprint density at radius 1 is 0.939 bits per heavy atom. The largest absolute Gasteiger partial charge is 0.493 e. The Labute approximate surface area is 204 Å². The van der Waals surface area contributed by atoms with E-state index in [1.165, 1.54) is 19.4 Å². The van der Waals surface area contributed by atoms with Gasteiger partial charge in [-0.15, -0.1) is 0 Å². The molecule has 0 aliphatic heterocycles. The summed E-state index contributed by atoms with van der Waals surface area (Å²) in [5.74, 6) is -0.280. The SMILES string of the molecule is COc1cc(/C=N/NC(=O)COc2ccc(Cl)cc2Cl)ccc1OC(=O)c1ccccc1Cl. The van der Waals surface area contributed by atoms with Gasteiger partial charge in [-0.05, 0) is 54.1 Å². The van der Waals surface area contributed by atoms with Crippen molar-refractivity contribution in [1.82, 2.24) is 5.43 Å². The van der Waals surface area contributed by atoms with Gasteiger partial charge in [0.15, 0.2) is 18.1 Å². The smallest absolute Gasteiger partial charge is 0.345 e. The molecular formula is C23H17Cl3N2O5. The van der Waals surface area contributed by atoms with E-state index in [1.54, 1.807) is 54.6 Å². The second-order valence-corrected chi connectivity index (χ2v) is 7.69. The molecule has 0 heterocycles. The Morgan fingerprint density at radius 2 is 1.70 bits per heavy atom. The predicted octanol–water partition coefficient (Wildman–Crippen LogP) is 5.40. The zero-order valence-electron chi connectivity index (χ0n) is 17.2. The van der Waals surface area contributed by atoms with Gasteiger partial charge >= 0.3 is 5.97 Å². The Kier molecular flexibility index (Phi) is 8.54. The number of amides is 1. The van der Waals surface area contributed by atoms with E-state index in [4.69, 9.17) is 49.0 Å². The normalized spacial score (nSPS) is 10.7. The molecular weight excluding hydrogens is 491 g/mol. The van der Waals surface area contributed by atoms with Crippen LogP contribution in [0.4, 0.5) is 0 Å². The van der Waals surface area contributed by atoms with Crippen LogP contribution in [0.1, 0.15) is 15.9 Å². The molecule has 0 saturated heterocycles. The molecule has 1 N–H and O–H groups in total. The summed E-state index contributed by atoms with van der Waals surface area (Å²) in [4.78, 5) is 24.3. The molecule has 0 bridgehead atoms. The van der Waals surface area contributed by atoms with Crippen LogP contribution in [0.25, 0.3) is 0 Å². The summed E-state index contributed by atoms with van der Waals surface area (Å²) in [6, 6.07) is 16.0. The number of nitrogens with zero attached hydrogens (tertiary/aromatic N) is 1. The van der Waals surface area contributed by atoms with E-state index in [-0.39, 0.29) is 22.9 Å². The van der Waals surface area contributed by atoms with Gasteiger partial charge in [-0.1, -0.05) is 46.9 Å². The number of rotatable bonds is 8. The van der Waals surface area contributed by atoms with E-state index in [0.717, 1.165) is 0 Å². The first-order chi connectivity index (χ1) is 15.9. The van der Waals surface area contributed by atoms with Gasteiger partial charge in [-0.3, -0.25) is 4.79 Å². The molecule has 170 valence electrons. The maximum absolute atomic E-state index is 12.4. The summed E-state index contributed by atoms with van der Waals surface area (Å²) in [6.45, 7) is -0.293. The van der Waals surface area contributed by atoms with Gasteiger partial charge in [-0.25, -0.2) is 10.2 Å². The van der Waals surface area contributed by atoms with Crippen molar-refractivity contribution in [3.8, 4) is 17.2 Å². The van der Waals surface area contributed by atoms with Crippen LogP contribution in [-0.4, -0.2) is 31.8 Å². The van der Waals surface area contributed by atoms with Gasteiger partial charge in [-0.2, -0.15) is 5.10 Å². The molecule has 0 atom stereocenters. The van der Waals surface area contributed by atoms with E-state index in [1.807, 2.05) is 0 Å². The molecule has 0 aromatic heterocycles. The van der Waals surface area contributed by atoms with Crippen molar-refractivity contribution in [2.75, 3.05) is 13.7 Å². The van der Waals surface area contributed by atoms with Gasteiger partial charge in [0.2, 0.25) is 0 Å². The maximum atomic E-state index is 12.4. The summed E-state index contributed by atoms with van der Waals surface area (Å²) >= 11 is 17.8. The predicted molar refractivity (Wildman–Crippen MR) is 127 cm³/mol. The van der Waals surface area contributed by atoms with Gasteiger partial charge in [0.05, 0.1) is 28.9 Å². The zero-order valence-corrected chi connectivity index (χ0v) is 19.4. The number of hydrogen-bond donors (Lipinski definition) is 1. The first-order valence-electron chi connectivity index (χ1n) is 9.42. The quantitative estimate of drug-likeness (QED) is 0.191. The highest BCUT2D eigenvalue weighted by Gasteiger charge is 2.15. The highest BCUT2D eigenvalue weighted by molar-refractivity contribution is 6.35. The van der Waals surface area contributed by atoms with Crippen LogP contribution >= 0.6 is 34.8 Å². The van der Waals surface area contributed by atoms with Gasteiger partial charge < -0.3 is 14.2 Å². The average molecular weight is 508 g/mol. The molecule has 0 aliphatic carbocycles. The number of hydrogen-bond acceptors (Lipinski definition) is 6. The third kappa shape index (κ3) is 6.86. The van der Waals surface area contributed by atoms with Crippen molar-refractivity contribution < 1.29 is 23.8 Å². The molecule has 0 spiro atoms. The molecule has 7 nitrogen and oxygen atoms in total. The van der Waals surface area contributed by atoms with E-state index >= 15 is 0 Å². The molecule has 10 heteroatoms. The number of methoxy groups -OCH3 is 1. The second-order valence-electron chi connectivity index (χ2n) is 6.44. The number of hydrazone groups is 1. The summed E-state index contributed by atoms with van der Waals surface area (Å²) < 4.78 is 16.0. The molecule has 1 amide bonds. The standard InChI is InChI=1S/C23H17Cl3N2O5/c1-31-21-10-14(6-8-20(21)33-23(30)16-4-2-3-5-17(16)25)12-27-28-22(29)13-32-19-9-7-15(24)11-18(19)26/h2-12H,13H2,1H3,(H,28,29)/b27-12+. The first kappa shape index (κ1) is 24.4. The lowest BCUT2D eigenvalue weighted by Gasteiger charge is -2.10. The van der Waals surface area contributed by atoms with Crippen molar-refractivity contribution in [3.63, 3.8) is 0 Å². The minimum atomic E-state index is -0.617. The lowest BCUT2D eigenvalue weighted by atomic mass is 10.2. The fraction of sp³-hybridized carbons (Fsp3) is 0.0870. The van der Waals surface area contributed by atoms with E-state index in [0.29, 0.717) is 27.1 Å². The lowest BCUT2D eigenvalue weighted by Crippen LogP contribution is -2.24. The highest BCUT2D eigenvalue weighted by atomic mass is 35.5. The van der Waals surface area contributed by atoms with Crippen LogP contribution < -0.4 is 19.6 Å². The fourth-order valence-corrected chi connectivity index (χ4v) is 3.25. The number of carbonyl (C=O) groups excluding carboxylic acids is 2. The van der Waals surface area contributed by atoms with Gasteiger partial charge in [0, 0.05) is 5.02 Å². The van der Waals surface area contributed by atoms with Crippen molar-refractivity contribution in [2.24, 2.45) is 5.10 Å². The molecule has 0 aliphatic rings. The van der Waals surface area contributed by atoms with Crippen molar-refractivity contribution in [1.29, 1.82) is 0 Å². The number of halogens is 3. The number of carbonyl (C=O) groups is 2. The Hall–Kier alpha value is -3.26. The van der Waals surface area contributed by atoms with E-state index in [2.05, 4.69) is 10.5 Å². The van der Waals surface area contributed by atoms with Crippen molar-refractivity contribution >= 4 is 52.9 Å². The number of esters is 1. The fourth-order valence-electron chi connectivity index (χ4n) is 2.58. The summed E-state index contributed by atoms with van der Waals surface area (Å²) in [6.07, 6.45) is 1.40. The zero-order chi connectivity index (χ0) is 23.8. The Morgan fingerprint density at radius 3 is 2.42 bits per heavy atom. The molecule has 0 unspecified atom stereocenters. The average Bonchev–Trinajstić information content (AvgIpc) is 2.79. The number of benzene rings is 3. The van der Waals surface area contributed by atoms with Crippen LogP contribution in [0, 0.1) is 0 Å². The molecule has 3 rings (SSSR count). The number of ether oxygens (including phenoxy) is 3.